The third kappa shape index (κ3) is 4.10. The molecule has 0 atom stereocenters. The maximum absolute atomic E-state index is 12.3. The number of hydrogen-bond acceptors (Lipinski definition) is 2. The Labute approximate surface area is 113 Å². The summed E-state index contributed by atoms with van der Waals surface area (Å²) in [6.45, 7) is -0.255. The van der Waals surface area contributed by atoms with Gasteiger partial charge in [-0.3, -0.25) is 4.79 Å². The highest BCUT2D eigenvalue weighted by Gasteiger charge is 2.19. The molecular formula is C9H9Br2F2NOS. The molecule has 90 valence electrons. The van der Waals surface area contributed by atoms with Crippen molar-refractivity contribution in [2.75, 3.05) is 18.4 Å². The number of rotatable bonds is 5. The lowest BCUT2D eigenvalue weighted by molar-refractivity contribution is 0.0573. The van der Waals surface area contributed by atoms with Crippen LogP contribution >= 0.6 is 43.2 Å². The maximum atomic E-state index is 12.3. The molecule has 0 unspecified atom stereocenters. The first-order valence-electron chi connectivity index (χ1n) is 4.42. The van der Waals surface area contributed by atoms with E-state index in [1.807, 2.05) is 0 Å². The fourth-order valence-electron chi connectivity index (χ4n) is 1.15. The van der Waals surface area contributed by atoms with Gasteiger partial charge in [0.05, 0.1) is 15.9 Å². The van der Waals surface area contributed by atoms with E-state index in [2.05, 4.69) is 31.9 Å². The number of amides is 1. The van der Waals surface area contributed by atoms with E-state index in [1.165, 1.54) is 11.3 Å². The van der Waals surface area contributed by atoms with Crippen LogP contribution in [0.25, 0.3) is 0 Å². The predicted molar refractivity (Wildman–Crippen MR) is 67.7 cm³/mol. The second kappa shape index (κ2) is 6.66. The molecule has 0 saturated carbocycles. The second-order valence-corrected chi connectivity index (χ2v) is 6.05. The van der Waals surface area contributed by atoms with E-state index in [0.29, 0.717) is 10.9 Å². The van der Waals surface area contributed by atoms with Crippen molar-refractivity contribution in [1.82, 2.24) is 4.90 Å². The van der Waals surface area contributed by atoms with E-state index in [4.69, 9.17) is 0 Å². The Bertz CT molecular complexity index is 359. The normalized spacial score (nSPS) is 10.8. The molecular weight excluding hydrogens is 368 g/mol. The van der Waals surface area contributed by atoms with Crippen molar-refractivity contribution in [3.8, 4) is 0 Å². The smallest absolute Gasteiger partial charge is 0.255 e. The van der Waals surface area contributed by atoms with E-state index < -0.39 is 13.0 Å². The summed E-state index contributed by atoms with van der Waals surface area (Å²) >= 11 is 7.73. The summed E-state index contributed by atoms with van der Waals surface area (Å²) in [5.41, 5.74) is 0.443. The van der Waals surface area contributed by atoms with Gasteiger partial charge in [-0.2, -0.15) is 0 Å². The standard InChI is InChI=1S/C9H9Br2F2NOS/c10-1-2-14(4-8(12)13)9(15)6-3-7(11)16-5-6/h3,5,8H,1-2,4H2. The van der Waals surface area contributed by atoms with E-state index in [9.17, 15) is 13.6 Å². The highest BCUT2D eigenvalue weighted by atomic mass is 79.9. The number of nitrogens with zero attached hydrogens (tertiary/aromatic N) is 1. The van der Waals surface area contributed by atoms with E-state index in [0.717, 1.165) is 8.69 Å². The first kappa shape index (κ1) is 14.1. The Kier molecular flexibility index (Phi) is 5.85. The summed E-state index contributed by atoms with van der Waals surface area (Å²) in [6, 6.07) is 1.64. The van der Waals surface area contributed by atoms with Crippen molar-refractivity contribution in [3.05, 3.63) is 20.8 Å². The molecule has 1 heterocycles. The Morgan fingerprint density at radius 2 is 2.25 bits per heavy atom. The third-order valence-electron chi connectivity index (χ3n) is 1.81. The zero-order valence-corrected chi connectivity index (χ0v) is 12.1. The van der Waals surface area contributed by atoms with Crippen LogP contribution in [0.1, 0.15) is 10.4 Å². The van der Waals surface area contributed by atoms with E-state index >= 15 is 0 Å². The monoisotopic (exact) mass is 375 g/mol. The number of carbonyl (C=O) groups excluding carboxylic acids is 1. The van der Waals surface area contributed by atoms with Gasteiger partial charge in [-0.15, -0.1) is 11.3 Å². The molecule has 0 fully saturated rings. The van der Waals surface area contributed by atoms with Gasteiger partial charge in [0.25, 0.3) is 12.3 Å². The number of hydrogen-bond donors (Lipinski definition) is 0. The first-order chi connectivity index (χ1) is 7.54. The van der Waals surface area contributed by atoms with Gasteiger partial charge >= 0.3 is 0 Å². The summed E-state index contributed by atoms with van der Waals surface area (Å²) in [7, 11) is 0. The van der Waals surface area contributed by atoms with Crippen LogP contribution < -0.4 is 0 Å². The number of carbonyl (C=O) groups is 1. The molecule has 1 aromatic heterocycles. The molecule has 2 nitrogen and oxygen atoms in total. The molecule has 16 heavy (non-hydrogen) atoms. The summed E-state index contributed by atoms with van der Waals surface area (Å²) < 4.78 is 25.4. The van der Waals surface area contributed by atoms with Gasteiger partial charge in [-0.05, 0) is 22.0 Å². The molecule has 1 amide bonds. The van der Waals surface area contributed by atoms with Crippen molar-refractivity contribution in [2.45, 2.75) is 6.43 Å². The van der Waals surface area contributed by atoms with Gasteiger partial charge in [0.2, 0.25) is 0 Å². The molecule has 1 rings (SSSR count). The Hall–Kier alpha value is -0.0100. The van der Waals surface area contributed by atoms with Crippen molar-refractivity contribution in [3.63, 3.8) is 0 Å². The molecule has 0 saturated heterocycles. The molecule has 0 aromatic carbocycles. The van der Waals surface area contributed by atoms with E-state index in [1.54, 1.807) is 11.4 Å². The van der Waals surface area contributed by atoms with Crippen LogP contribution in [0.2, 0.25) is 0 Å². The van der Waals surface area contributed by atoms with Crippen molar-refractivity contribution < 1.29 is 13.6 Å². The third-order valence-corrected chi connectivity index (χ3v) is 3.67. The van der Waals surface area contributed by atoms with Crippen molar-refractivity contribution >= 4 is 49.1 Å². The summed E-state index contributed by atoms with van der Waals surface area (Å²) in [4.78, 5) is 13.0. The second-order valence-electron chi connectivity index (χ2n) is 2.97. The molecule has 0 spiro atoms. The Morgan fingerprint density at radius 1 is 1.56 bits per heavy atom. The quantitative estimate of drug-likeness (QED) is 0.719. The maximum Gasteiger partial charge on any atom is 0.255 e. The molecule has 0 aliphatic carbocycles. The molecule has 0 radical (unpaired) electrons. The van der Waals surface area contributed by atoms with Crippen LogP contribution in [0, 0.1) is 0 Å². The van der Waals surface area contributed by atoms with Gasteiger partial charge in [0.15, 0.2) is 0 Å². The SMILES string of the molecule is O=C(c1csc(Br)c1)N(CCBr)CC(F)F. The van der Waals surface area contributed by atoms with Gasteiger partial charge in [-0.1, -0.05) is 15.9 Å². The predicted octanol–water partition coefficient (Wildman–Crippen LogP) is 3.61. The number of alkyl halides is 3. The van der Waals surface area contributed by atoms with E-state index in [-0.39, 0.29) is 12.5 Å². The number of thiophene rings is 1. The van der Waals surface area contributed by atoms with Gasteiger partial charge in [0, 0.05) is 17.3 Å². The van der Waals surface area contributed by atoms with Gasteiger partial charge in [0.1, 0.15) is 0 Å². The molecule has 0 bridgehead atoms. The van der Waals surface area contributed by atoms with Gasteiger partial charge < -0.3 is 4.90 Å². The largest absolute Gasteiger partial charge is 0.332 e. The molecule has 0 aliphatic rings. The highest BCUT2D eigenvalue weighted by Crippen LogP contribution is 2.22. The van der Waals surface area contributed by atoms with Crippen LogP contribution in [-0.2, 0) is 0 Å². The fourth-order valence-corrected chi connectivity index (χ4v) is 2.71. The van der Waals surface area contributed by atoms with Crippen LogP contribution in [-0.4, -0.2) is 35.7 Å². The zero-order chi connectivity index (χ0) is 12.1. The average molecular weight is 377 g/mol. The Morgan fingerprint density at radius 3 is 2.69 bits per heavy atom. The number of halogens is 4. The molecule has 0 N–H and O–H groups in total. The first-order valence-corrected chi connectivity index (χ1v) is 7.21. The minimum Gasteiger partial charge on any atom is -0.332 e. The highest BCUT2D eigenvalue weighted by molar-refractivity contribution is 9.11. The fraction of sp³-hybridized carbons (Fsp3) is 0.444. The minimum absolute atomic E-state index is 0.274. The van der Waals surface area contributed by atoms with Crippen molar-refractivity contribution in [2.24, 2.45) is 0 Å². The van der Waals surface area contributed by atoms with Crippen LogP contribution in [0.3, 0.4) is 0 Å². The molecule has 7 heteroatoms. The average Bonchev–Trinajstić information content (AvgIpc) is 2.62. The van der Waals surface area contributed by atoms with Crippen LogP contribution in [0.5, 0.6) is 0 Å². The topological polar surface area (TPSA) is 20.3 Å². The van der Waals surface area contributed by atoms with Gasteiger partial charge in [-0.25, -0.2) is 8.78 Å². The minimum atomic E-state index is -2.51. The van der Waals surface area contributed by atoms with Crippen LogP contribution in [0.15, 0.2) is 15.2 Å². The summed E-state index contributed by atoms with van der Waals surface area (Å²) in [6.07, 6.45) is -2.51. The lowest BCUT2D eigenvalue weighted by Crippen LogP contribution is -2.36. The molecule has 1 aromatic rings. The molecule has 0 aliphatic heterocycles. The van der Waals surface area contributed by atoms with Crippen molar-refractivity contribution in [1.29, 1.82) is 0 Å². The summed E-state index contributed by atoms with van der Waals surface area (Å²) in [5.74, 6) is -0.360. The van der Waals surface area contributed by atoms with Crippen LogP contribution in [0.4, 0.5) is 8.78 Å². The zero-order valence-electron chi connectivity index (χ0n) is 8.13. The lowest BCUT2D eigenvalue weighted by atomic mass is 10.3. The Balaban J connectivity index is 2.74. The lowest BCUT2D eigenvalue weighted by Gasteiger charge is -2.20. The summed E-state index contributed by atoms with van der Waals surface area (Å²) in [5, 5.41) is 2.13.